The summed E-state index contributed by atoms with van der Waals surface area (Å²) in [6.07, 6.45) is 5.40. The lowest BCUT2D eigenvalue weighted by molar-refractivity contribution is 0.264. The van der Waals surface area contributed by atoms with Gasteiger partial charge in [0, 0.05) is 18.6 Å². The van der Waals surface area contributed by atoms with E-state index in [0.29, 0.717) is 11.8 Å². The first-order valence-electron chi connectivity index (χ1n) is 6.73. The highest BCUT2D eigenvalue weighted by molar-refractivity contribution is 7.11. The molecule has 0 fully saturated rings. The molecule has 2 nitrogen and oxygen atoms in total. The van der Waals surface area contributed by atoms with Crippen LogP contribution in [0.4, 0.5) is 0 Å². The van der Waals surface area contributed by atoms with Gasteiger partial charge in [-0.2, -0.15) is 0 Å². The molecule has 0 bridgehead atoms. The Morgan fingerprint density at radius 2 is 2.28 bits per heavy atom. The average Bonchev–Trinajstić information content (AvgIpc) is 2.80. The predicted molar refractivity (Wildman–Crippen MR) is 76.9 cm³/mol. The monoisotopic (exact) mass is 261 g/mol. The molecule has 0 radical (unpaired) electrons. The number of hydrogen-bond donors (Lipinski definition) is 0. The molecule has 0 aliphatic carbocycles. The fourth-order valence-electron chi connectivity index (χ4n) is 2.65. The van der Waals surface area contributed by atoms with Gasteiger partial charge in [0.1, 0.15) is 0 Å². The molecule has 2 aliphatic rings. The molecule has 18 heavy (non-hydrogen) atoms. The number of hydrogen-bond acceptors (Lipinski definition) is 3. The normalized spacial score (nSPS) is 31.7. The van der Waals surface area contributed by atoms with Gasteiger partial charge in [-0.05, 0) is 35.8 Å². The van der Waals surface area contributed by atoms with Crippen LogP contribution in [-0.2, 0) is 11.2 Å². The van der Waals surface area contributed by atoms with E-state index in [1.807, 2.05) is 0 Å². The van der Waals surface area contributed by atoms with Crippen LogP contribution in [0, 0.1) is 11.8 Å². The van der Waals surface area contributed by atoms with Crippen LogP contribution in [0.25, 0.3) is 5.76 Å². The van der Waals surface area contributed by atoms with Gasteiger partial charge in [-0.15, -0.1) is 11.3 Å². The maximum Gasteiger partial charge on any atom is 0.158 e. The number of thiophene rings is 1. The van der Waals surface area contributed by atoms with Gasteiger partial charge in [0.05, 0.1) is 17.2 Å². The van der Waals surface area contributed by atoms with Crippen LogP contribution < -0.4 is 0 Å². The van der Waals surface area contributed by atoms with Crippen molar-refractivity contribution in [1.82, 2.24) is 0 Å². The molecule has 3 rings (SSSR count). The minimum atomic E-state index is 0.479. The standard InChI is InChI=1S/C15H19NOS/c1-10-4-3-7-16-13(11(10)2)14-15-12(5-8-17-14)6-9-18-15/h6-7,9-11H,3-5,8H2,1-2H3/b14-13-. The second-order valence-electron chi connectivity index (χ2n) is 5.24. The molecule has 0 amide bonds. The van der Waals surface area contributed by atoms with Gasteiger partial charge in [-0.1, -0.05) is 13.8 Å². The summed E-state index contributed by atoms with van der Waals surface area (Å²) in [4.78, 5) is 5.99. The van der Waals surface area contributed by atoms with Gasteiger partial charge in [0.2, 0.25) is 0 Å². The lowest BCUT2D eigenvalue weighted by atomic mass is 9.89. The van der Waals surface area contributed by atoms with E-state index in [4.69, 9.17) is 9.73 Å². The zero-order chi connectivity index (χ0) is 12.5. The molecule has 0 aromatic carbocycles. The first-order chi connectivity index (χ1) is 8.77. The van der Waals surface area contributed by atoms with Crippen molar-refractivity contribution in [2.24, 2.45) is 16.8 Å². The van der Waals surface area contributed by atoms with E-state index in [-0.39, 0.29) is 0 Å². The van der Waals surface area contributed by atoms with E-state index in [9.17, 15) is 0 Å². The summed E-state index contributed by atoms with van der Waals surface area (Å²) >= 11 is 1.78. The largest absolute Gasteiger partial charge is 0.490 e. The number of allylic oxidation sites excluding steroid dienone is 1. The molecule has 2 aliphatic heterocycles. The van der Waals surface area contributed by atoms with Crippen molar-refractivity contribution < 1.29 is 4.74 Å². The molecular formula is C15H19NOS. The lowest BCUT2D eigenvalue weighted by Gasteiger charge is -2.23. The summed E-state index contributed by atoms with van der Waals surface area (Å²) < 4.78 is 5.95. The molecule has 1 aromatic heterocycles. The topological polar surface area (TPSA) is 21.6 Å². The maximum absolute atomic E-state index is 5.95. The Morgan fingerprint density at radius 1 is 1.39 bits per heavy atom. The highest BCUT2D eigenvalue weighted by Crippen LogP contribution is 2.38. The zero-order valence-corrected chi connectivity index (χ0v) is 11.8. The third kappa shape index (κ3) is 2.01. The second-order valence-corrected chi connectivity index (χ2v) is 6.16. The fourth-order valence-corrected chi connectivity index (χ4v) is 3.61. The lowest BCUT2D eigenvalue weighted by Crippen LogP contribution is -2.14. The molecule has 1 aromatic rings. The molecule has 0 N–H and O–H groups in total. The van der Waals surface area contributed by atoms with Crippen molar-refractivity contribution in [1.29, 1.82) is 0 Å². The Hall–Kier alpha value is -1.09. The Labute approximate surface area is 112 Å². The first-order valence-corrected chi connectivity index (χ1v) is 7.61. The zero-order valence-electron chi connectivity index (χ0n) is 11.0. The van der Waals surface area contributed by atoms with Crippen molar-refractivity contribution in [3.8, 4) is 0 Å². The quantitative estimate of drug-likeness (QED) is 0.688. The number of ether oxygens (including phenoxy) is 1. The maximum atomic E-state index is 5.95. The molecule has 0 saturated carbocycles. The molecule has 96 valence electrons. The average molecular weight is 261 g/mol. The fraction of sp³-hybridized carbons (Fsp3) is 0.533. The molecule has 3 heteroatoms. The van der Waals surface area contributed by atoms with Crippen LogP contribution in [-0.4, -0.2) is 12.8 Å². The summed E-state index contributed by atoms with van der Waals surface area (Å²) in [5.41, 5.74) is 2.58. The predicted octanol–water partition coefficient (Wildman–Crippen LogP) is 4.13. The third-order valence-electron chi connectivity index (χ3n) is 4.07. The van der Waals surface area contributed by atoms with E-state index in [1.165, 1.54) is 16.9 Å². The van der Waals surface area contributed by atoms with Crippen LogP contribution in [0.2, 0.25) is 0 Å². The molecule has 0 spiro atoms. The van der Waals surface area contributed by atoms with E-state index < -0.39 is 0 Å². The highest BCUT2D eigenvalue weighted by atomic mass is 32.1. The van der Waals surface area contributed by atoms with Crippen LogP contribution in [0.3, 0.4) is 0 Å². The van der Waals surface area contributed by atoms with Gasteiger partial charge >= 0.3 is 0 Å². The van der Waals surface area contributed by atoms with Crippen LogP contribution in [0.15, 0.2) is 22.1 Å². The minimum absolute atomic E-state index is 0.479. The molecular weight excluding hydrogens is 242 g/mol. The second kappa shape index (κ2) is 4.88. The highest BCUT2D eigenvalue weighted by Gasteiger charge is 2.27. The van der Waals surface area contributed by atoms with Crippen LogP contribution in [0.1, 0.15) is 37.1 Å². The minimum Gasteiger partial charge on any atom is -0.490 e. The summed E-state index contributed by atoms with van der Waals surface area (Å²) in [6.45, 7) is 5.39. The van der Waals surface area contributed by atoms with Gasteiger partial charge in [0.25, 0.3) is 0 Å². The smallest absolute Gasteiger partial charge is 0.158 e. The number of rotatable bonds is 0. The van der Waals surface area contributed by atoms with Crippen molar-refractivity contribution in [3.63, 3.8) is 0 Å². The van der Waals surface area contributed by atoms with Gasteiger partial charge < -0.3 is 4.74 Å². The Balaban J connectivity index is 2.09. The van der Waals surface area contributed by atoms with Gasteiger partial charge in [-0.3, -0.25) is 4.99 Å². The Bertz CT molecular complexity index is 500. The summed E-state index contributed by atoms with van der Waals surface area (Å²) in [6, 6.07) is 2.22. The van der Waals surface area contributed by atoms with E-state index >= 15 is 0 Å². The Morgan fingerprint density at radius 3 is 3.17 bits per heavy atom. The third-order valence-corrected chi connectivity index (χ3v) is 5.03. The molecule has 3 heterocycles. The molecule has 0 saturated heterocycles. The van der Waals surface area contributed by atoms with Crippen molar-refractivity contribution in [2.45, 2.75) is 33.1 Å². The summed E-state index contributed by atoms with van der Waals surface area (Å²) in [5.74, 6) is 2.19. The number of fused-ring (bicyclic) bond motifs is 1. The van der Waals surface area contributed by atoms with Crippen molar-refractivity contribution in [2.75, 3.05) is 6.61 Å². The van der Waals surface area contributed by atoms with Crippen LogP contribution >= 0.6 is 11.3 Å². The first kappa shape index (κ1) is 12.0. The van der Waals surface area contributed by atoms with E-state index in [1.54, 1.807) is 11.3 Å². The SMILES string of the molecule is CC1CCC=N/C(=C2\OCCc3ccsc32)C1C. The number of aliphatic imine (C=N–C) groups is 1. The summed E-state index contributed by atoms with van der Waals surface area (Å²) in [7, 11) is 0. The van der Waals surface area contributed by atoms with Crippen molar-refractivity contribution in [3.05, 3.63) is 27.6 Å². The Kier molecular flexibility index (Phi) is 3.25. The molecule has 2 unspecified atom stereocenters. The van der Waals surface area contributed by atoms with Crippen molar-refractivity contribution >= 4 is 23.3 Å². The van der Waals surface area contributed by atoms with Gasteiger partial charge in [0.15, 0.2) is 5.76 Å². The van der Waals surface area contributed by atoms with Gasteiger partial charge in [-0.25, -0.2) is 0 Å². The number of nitrogens with zero attached hydrogens (tertiary/aromatic N) is 1. The van der Waals surface area contributed by atoms with E-state index in [2.05, 4.69) is 31.5 Å². The molecule has 2 atom stereocenters. The van der Waals surface area contributed by atoms with Crippen LogP contribution in [0.5, 0.6) is 0 Å². The van der Waals surface area contributed by atoms with E-state index in [0.717, 1.165) is 30.9 Å². The summed E-state index contributed by atoms with van der Waals surface area (Å²) in [5, 5.41) is 2.16.